The van der Waals surface area contributed by atoms with Crippen molar-refractivity contribution in [2.75, 3.05) is 6.61 Å². The number of aryl methyl sites for hydroxylation is 1. The van der Waals surface area contributed by atoms with E-state index in [1.54, 1.807) is 6.07 Å². The van der Waals surface area contributed by atoms with E-state index >= 15 is 0 Å². The number of benzene rings is 1. The van der Waals surface area contributed by atoms with E-state index in [-0.39, 0.29) is 18.0 Å². The third kappa shape index (κ3) is 3.14. The zero-order chi connectivity index (χ0) is 12.3. The van der Waals surface area contributed by atoms with Gasteiger partial charge in [0.15, 0.2) is 0 Å². The number of hydrogen-bond acceptors (Lipinski definition) is 3. The van der Waals surface area contributed by atoms with E-state index < -0.39 is 0 Å². The van der Waals surface area contributed by atoms with Crippen molar-refractivity contribution in [2.24, 2.45) is 0 Å². The number of fused-ring (bicyclic) bond motifs is 1. The Hall–Kier alpha value is -0.270. The first-order chi connectivity index (χ1) is 8.24. The second-order valence-electron chi connectivity index (χ2n) is 3.95. The van der Waals surface area contributed by atoms with Gasteiger partial charge in [-0.3, -0.25) is 0 Å². The monoisotopic (exact) mass is 276 g/mol. The van der Waals surface area contributed by atoms with E-state index in [0.717, 1.165) is 24.2 Å². The minimum absolute atomic E-state index is 0.0639. The lowest BCUT2D eigenvalue weighted by molar-refractivity contribution is 0.0272. The molecule has 0 N–H and O–H groups in total. The topological polar surface area (TPSA) is 27.7 Å². The van der Waals surface area contributed by atoms with Crippen LogP contribution < -0.4 is 4.74 Å². The van der Waals surface area contributed by atoms with Gasteiger partial charge in [-0.2, -0.15) is 0 Å². The van der Waals surface area contributed by atoms with Crippen molar-refractivity contribution >= 4 is 18.9 Å². The second kappa shape index (κ2) is 6.06. The van der Waals surface area contributed by atoms with Gasteiger partial charge in [0, 0.05) is 18.9 Å². The van der Waals surface area contributed by atoms with Crippen LogP contribution in [0.2, 0.25) is 0 Å². The summed E-state index contributed by atoms with van der Waals surface area (Å²) < 4.78 is 29.1. The summed E-state index contributed by atoms with van der Waals surface area (Å²) in [7, 11) is 4.43. The van der Waals surface area contributed by atoms with Crippen LogP contribution in [0.25, 0.3) is 0 Å². The smallest absolute Gasteiger partial charge is 0.128 e. The molecule has 4 unspecified atom stereocenters. The van der Waals surface area contributed by atoms with Crippen molar-refractivity contribution in [3.8, 4) is 5.75 Å². The molecule has 94 valence electrons. The van der Waals surface area contributed by atoms with Gasteiger partial charge in [-0.25, -0.2) is 4.39 Å². The van der Waals surface area contributed by atoms with Gasteiger partial charge in [-0.05, 0) is 36.6 Å². The summed E-state index contributed by atoms with van der Waals surface area (Å²) in [5, 5.41) is 0. The van der Waals surface area contributed by atoms with Gasteiger partial charge in [-0.15, -0.1) is 0 Å². The van der Waals surface area contributed by atoms with Crippen LogP contribution in [0.1, 0.15) is 12.0 Å². The standard InChI is InChI=1S/C11H15FO3P2/c12-8-2-4-9-7(5-8)1-3-10(14-9)11(15-17)6-13-16/h2,4-5,10-11H,1,3,6,16-17H2. The van der Waals surface area contributed by atoms with Gasteiger partial charge in [0.2, 0.25) is 0 Å². The summed E-state index contributed by atoms with van der Waals surface area (Å²) in [5.41, 5.74) is 0.913. The minimum Gasteiger partial charge on any atom is -0.487 e. The van der Waals surface area contributed by atoms with Crippen LogP contribution >= 0.6 is 18.9 Å². The average molecular weight is 276 g/mol. The van der Waals surface area contributed by atoms with Crippen LogP contribution in [0.5, 0.6) is 5.75 Å². The number of rotatable bonds is 4. The summed E-state index contributed by atoms with van der Waals surface area (Å²) in [6, 6.07) is 4.59. The number of ether oxygens (including phenoxy) is 1. The highest BCUT2D eigenvalue weighted by molar-refractivity contribution is 7.10. The van der Waals surface area contributed by atoms with Crippen LogP contribution in [-0.2, 0) is 15.5 Å². The van der Waals surface area contributed by atoms with Crippen molar-refractivity contribution < 1.29 is 18.2 Å². The molecule has 0 saturated heterocycles. The molecule has 0 aromatic heterocycles. The van der Waals surface area contributed by atoms with E-state index in [1.807, 2.05) is 0 Å². The summed E-state index contributed by atoms with van der Waals surface area (Å²) >= 11 is 0. The first kappa shape index (κ1) is 13.2. The lowest BCUT2D eigenvalue weighted by Crippen LogP contribution is -2.37. The second-order valence-corrected chi connectivity index (χ2v) is 4.56. The molecule has 0 amide bonds. The largest absolute Gasteiger partial charge is 0.487 e. The SMILES string of the molecule is Fc1ccc2c(c1)CCC(C(COP)OP)O2. The highest BCUT2D eigenvalue weighted by atomic mass is 31.0. The predicted octanol–water partition coefficient (Wildman–Crippen LogP) is 2.50. The van der Waals surface area contributed by atoms with E-state index in [2.05, 4.69) is 18.9 Å². The Bertz CT molecular complexity index is 389. The highest BCUT2D eigenvalue weighted by Crippen LogP contribution is 2.30. The quantitative estimate of drug-likeness (QED) is 0.791. The molecule has 0 spiro atoms. The fourth-order valence-corrected chi connectivity index (χ4v) is 2.41. The molecule has 0 saturated carbocycles. The lowest BCUT2D eigenvalue weighted by Gasteiger charge is -2.30. The molecule has 17 heavy (non-hydrogen) atoms. The Kier molecular flexibility index (Phi) is 4.69. The molecule has 1 aromatic rings. The molecule has 2 rings (SSSR count). The van der Waals surface area contributed by atoms with Crippen molar-refractivity contribution in [1.82, 2.24) is 0 Å². The molecular weight excluding hydrogens is 261 g/mol. The molecule has 0 radical (unpaired) electrons. The maximum Gasteiger partial charge on any atom is 0.128 e. The van der Waals surface area contributed by atoms with Gasteiger partial charge in [0.25, 0.3) is 0 Å². The van der Waals surface area contributed by atoms with Crippen LogP contribution in [0.15, 0.2) is 18.2 Å². The van der Waals surface area contributed by atoms with Crippen LogP contribution in [0.3, 0.4) is 0 Å². The average Bonchev–Trinajstić information content (AvgIpc) is 2.35. The molecule has 4 atom stereocenters. The summed E-state index contributed by atoms with van der Waals surface area (Å²) in [6.07, 6.45) is 1.38. The Morgan fingerprint density at radius 1 is 1.47 bits per heavy atom. The Labute approximate surface area is 105 Å². The third-order valence-electron chi connectivity index (χ3n) is 2.85. The van der Waals surface area contributed by atoms with Crippen molar-refractivity contribution in [2.45, 2.75) is 25.0 Å². The third-order valence-corrected chi connectivity index (χ3v) is 3.39. The molecule has 1 aliphatic heterocycles. The Balaban J connectivity index is 2.09. The Morgan fingerprint density at radius 3 is 3.00 bits per heavy atom. The number of hydrogen-bond donors (Lipinski definition) is 0. The van der Waals surface area contributed by atoms with Crippen LogP contribution in [-0.4, -0.2) is 18.8 Å². The minimum atomic E-state index is -0.224. The molecule has 1 aromatic carbocycles. The summed E-state index contributed by atoms with van der Waals surface area (Å²) in [4.78, 5) is 0. The van der Waals surface area contributed by atoms with Crippen molar-refractivity contribution in [3.05, 3.63) is 29.6 Å². The molecule has 1 aliphatic rings. The molecule has 0 aliphatic carbocycles. The van der Waals surface area contributed by atoms with Crippen molar-refractivity contribution in [1.29, 1.82) is 0 Å². The van der Waals surface area contributed by atoms with Crippen LogP contribution in [0, 0.1) is 5.82 Å². The molecule has 1 heterocycles. The van der Waals surface area contributed by atoms with Gasteiger partial charge >= 0.3 is 0 Å². The van der Waals surface area contributed by atoms with E-state index in [0.29, 0.717) is 6.61 Å². The van der Waals surface area contributed by atoms with Gasteiger partial charge in [0.05, 0.1) is 6.61 Å². The van der Waals surface area contributed by atoms with E-state index in [4.69, 9.17) is 13.8 Å². The predicted molar refractivity (Wildman–Crippen MR) is 69.4 cm³/mol. The van der Waals surface area contributed by atoms with Crippen LogP contribution in [0.4, 0.5) is 4.39 Å². The molecule has 6 heteroatoms. The molecule has 0 bridgehead atoms. The fourth-order valence-electron chi connectivity index (χ4n) is 1.97. The Morgan fingerprint density at radius 2 is 2.29 bits per heavy atom. The normalized spacial score (nSPS) is 20.5. The first-order valence-corrected chi connectivity index (χ1v) is 6.31. The molecule has 3 nitrogen and oxygen atoms in total. The van der Waals surface area contributed by atoms with Gasteiger partial charge in [-0.1, -0.05) is 0 Å². The van der Waals surface area contributed by atoms with Gasteiger partial charge < -0.3 is 13.8 Å². The fraction of sp³-hybridized carbons (Fsp3) is 0.455. The zero-order valence-electron chi connectivity index (χ0n) is 9.27. The highest BCUT2D eigenvalue weighted by Gasteiger charge is 2.28. The number of halogens is 1. The molecular formula is C11H15FO3P2. The summed E-state index contributed by atoms with van der Waals surface area (Å²) in [5.74, 6) is 0.511. The lowest BCUT2D eigenvalue weighted by atomic mass is 9.99. The van der Waals surface area contributed by atoms with E-state index in [9.17, 15) is 4.39 Å². The van der Waals surface area contributed by atoms with Crippen molar-refractivity contribution in [3.63, 3.8) is 0 Å². The molecule has 0 fully saturated rings. The summed E-state index contributed by atoms with van der Waals surface area (Å²) in [6.45, 7) is 0.440. The maximum absolute atomic E-state index is 13.0. The maximum atomic E-state index is 13.0. The van der Waals surface area contributed by atoms with E-state index in [1.165, 1.54) is 12.1 Å². The van der Waals surface area contributed by atoms with Gasteiger partial charge in [0.1, 0.15) is 23.8 Å². The first-order valence-electron chi connectivity index (χ1n) is 5.37. The zero-order valence-corrected chi connectivity index (χ0v) is 11.6.